The third-order valence-corrected chi connectivity index (χ3v) is 6.27. The van der Waals surface area contributed by atoms with Crippen molar-refractivity contribution in [1.29, 1.82) is 0 Å². The smallest absolute Gasteiger partial charge is 0.252 e. The van der Waals surface area contributed by atoms with Crippen molar-refractivity contribution in [3.05, 3.63) is 46.4 Å². The molecule has 0 aliphatic carbocycles. The number of para-hydroxylation sites is 1. The molecule has 1 saturated heterocycles. The lowest BCUT2D eigenvalue weighted by Gasteiger charge is -2.27. The fourth-order valence-corrected chi connectivity index (χ4v) is 4.83. The number of hydrogen-bond donors (Lipinski definition) is 1. The van der Waals surface area contributed by atoms with E-state index < -0.39 is 0 Å². The molecule has 1 aromatic carbocycles. The normalized spacial score (nSPS) is 15.1. The minimum absolute atomic E-state index is 0.0783. The second-order valence-corrected chi connectivity index (χ2v) is 8.10. The van der Waals surface area contributed by atoms with Crippen LogP contribution in [-0.4, -0.2) is 28.0 Å². The summed E-state index contributed by atoms with van der Waals surface area (Å²) in [5.74, 6) is 1.37. The van der Waals surface area contributed by atoms with Crippen molar-refractivity contribution in [3.63, 3.8) is 0 Å². The van der Waals surface area contributed by atoms with Gasteiger partial charge in [0.25, 0.3) is 5.56 Å². The first-order valence-electron chi connectivity index (χ1n) is 8.11. The predicted octanol–water partition coefficient (Wildman–Crippen LogP) is 3.66. The highest BCUT2D eigenvalue weighted by atomic mass is 32.2. The third-order valence-electron chi connectivity index (χ3n) is 4.06. The van der Waals surface area contributed by atoms with Gasteiger partial charge in [-0.2, -0.15) is 0 Å². The molecule has 1 fully saturated rings. The summed E-state index contributed by atoms with van der Waals surface area (Å²) < 4.78 is 2.20. The summed E-state index contributed by atoms with van der Waals surface area (Å²) in [5, 5.41) is 0. The Morgan fingerprint density at radius 2 is 2.00 bits per heavy atom. The number of nitrogens with zero attached hydrogens (tertiary/aromatic N) is 3. The van der Waals surface area contributed by atoms with E-state index in [-0.39, 0.29) is 5.56 Å². The Bertz CT molecular complexity index is 866. The zero-order chi connectivity index (χ0) is 16.4. The SMILES string of the molecule is O=c1cc(CSc2nc3ccccc3s2)nc(N2CCCCC2)[nH]1. The first kappa shape index (κ1) is 15.7. The first-order chi connectivity index (χ1) is 11.8. The summed E-state index contributed by atoms with van der Waals surface area (Å²) in [6, 6.07) is 9.72. The van der Waals surface area contributed by atoms with Crippen LogP contribution in [0, 0.1) is 0 Å². The average Bonchev–Trinajstić information content (AvgIpc) is 3.03. The molecule has 0 unspecified atom stereocenters. The molecule has 0 saturated carbocycles. The molecule has 124 valence electrons. The average molecular weight is 358 g/mol. The second-order valence-electron chi connectivity index (χ2n) is 5.84. The number of thiazole rings is 1. The quantitative estimate of drug-likeness (QED) is 0.721. The highest BCUT2D eigenvalue weighted by Crippen LogP contribution is 2.31. The standard InChI is InChI=1S/C17H18N4OS2/c22-15-10-12(18-16(20-15)21-8-4-1-5-9-21)11-23-17-19-13-6-2-3-7-14(13)24-17/h2-3,6-7,10H,1,4-5,8-9,11H2,(H,18,20,22). The number of aromatic amines is 1. The predicted molar refractivity (Wildman–Crippen MR) is 100 cm³/mol. The van der Waals surface area contributed by atoms with Gasteiger partial charge in [0.05, 0.1) is 15.9 Å². The monoisotopic (exact) mass is 358 g/mol. The van der Waals surface area contributed by atoms with Crippen LogP contribution in [0.3, 0.4) is 0 Å². The van der Waals surface area contributed by atoms with Crippen LogP contribution in [0.4, 0.5) is 5.95 Å². The van der Waals surface area contributed by atoms with Gasteiger partial charge in [-0.15, -0.1) is 11.3 Å². The van der Waals surface area contributed by atoms with Crippen LogP contribution in [-0.2, 0) is 5.75 Å². The van der Waals surface area contributed by atoms with E-state index in [4.69, 9.17) is 0 Å². The molecular formula is C17H18N4OS2. The zero-order valence-electron chi connectivity index (χ0n) is 13.2. The molecule has 7 heteroatoms. The number of hydrogen-bond acceptors (Lipinski definition) is 6. The summed E-state index contributed by atoms with van der Waals surface area (Å²) in [6.07, 6.45) is 3.58. The number of fused-ring (bicyclic) bond motifs is 1. The number of thioether (sulfide) groups is 1. The molecule has 0 bridgehead atoms. The number of anilines is 1. The molecule has 0 atom stereocenters. The van der Waals surface area contributed by atoms with E-state index in [0.29, 0.717) is 11.7 Å². The van der Waals surface area contributed by atoms with E-state index in [1.165, 1.54) is 11.1 Å². The molecule has 1 aliphatic heterocycles. The van der Waals surface area contributed by atoms with Crippen LogP contribution in [0.2, 0.25) is 0 Å². The maximum absolute atomic E-state index is 12.0. The van der Waals surface area contributed by atoms with Gasteiger partial charge in [-0.3, -0.25) is 9.78 Å². The maximum atomic E-state index is 12.0. The molecule has 24 heavy (non-hydrogen) atoms. The van der Waals surface area contributed by atoms with E-state index in [1.807, 2.05) is 18.2 Å². The largest absolute Gasteiger partial charge is 0.342 e. The Labute approximate surface area is 148 Å². The minimum atomic E-state index is -0.0783. The number of nitrogens with one attached hydrogen (secondary N) is 1. The zero-order valence-corrected chi connectivity index (χ0v) is 14.8. The lowest BCUT2D eigenvalue weighted by Crippen LogP contribution is -2.32. The fraction of sp³-hybridized carbons (Fsp3) is 0.353. The van der Waals surface area contributed by atoms with Crippen LogP contribution < -0.4 is 10.5 Å². The number of benzene rings is 1. The summed E-state index contributed by atoms with van der Waals surface area (Å²) in [4.78, 5) is 26.3. The van der Waals surface area contributed by atoms with Gasteiger partial charge < -0.3 is 4.90 Å². The van der Waals surface area contributed by atoms with Crippen LogP contribution in [0.15, 0.2) is 39.5 Å². The van der Waals surface area contributed by atoms with E-state index in [0.717, 1.165) is 41.5 Å². The molecule has 1 aliphatic rings. The van der Waals surface area contributed by atoms with Crippen LogP contribution in [0.25, 0.3) is 10.2 Å². The van der Waals surface area contributed by atoms with Crippen molar-refractivity contribution < 1.29 is 0 Å². The number of H-pyrrole nitrogens is 1. The molecule has 0 amide bonds. The molecule has 0 spiro atoms. The number of piperidine rings is 1. The highest BCUT2D eigenvalue weighted by Gasteiger charge is 2.14. The Morgan fingerprint density at radius 3 is 2.83 bits per heavy atom. The summed E-state index contributed by atoms with van der Waals surface area (Å²) in [5.41, 5.74) is 1.76. The summed E-state index contributed by atoms with van der Waals surface area (Å²) >= 11 is 3.32. The second kappa shape index (κ2) is 6.94. The summed E-state index contributed by atoms with van der Waals surface area (Å²) in [7, 11) is 0. The number of rotatable bonds is 4. The maximum Gasteiger partial charge on any atom is 0.252 e. The van der Waals surface area contributed by atoms with Crippen molar-refractivity contribution >= 4 is 39.3 Å². The van der Waals surface area contributed by atoms with Crippen LogP contribution in [0.5, 0.6) is 0 Å². The van der Waals surface area contributed by atoms with Gasteiger partial charge in [0.1, 0.15) is 0 Å². The van der Waals surface area contributed by atoms with E-state index >= 15 is 0 Å². The Hall–Kier alpha value is -1.86. The third kappa shape index (κ3) is 3.47. The molecule has 2 aromatic heterocycles. The van der Waals surface area contributed by atoms with Gasteiger partial charge in [-0.1, -0.05) is 23.9 Å². The van der Waals surface area contributed by atoms with E-state index in [9.17, 15) is 4.79 Å². The van der Waals surface area contributed by atoms with Crippen molar-refractivity contribution in [3.8, 4) is 0 Å². The fourth-order valence-electron chi connectivity index (χ4n) is 2.87. The molecule has 3 heterocycles. The lowest BCUT2D eigenvalue weighted by molar-refractivity contribution is 0.567. The molecule has 1 N–H and O–H groups in total. The molecule has 0 radical (unpaired) electrons. The van der Waals surface area contributed by atoms with Gasteiger partial charge in [-0.05, 0) is 31.4 Å². The molecule has 3 aromatic rings. The van der Waals surface area contributed by atoms with Crippen LogP contribution in [0.1, 0.15) is 25.0 Å². The summed E-state index contributed by atoms with van der Waals surface area (Å²) in [6.45, 7) is 1.94. The van der Waals surface area contributed by atoms with Crippen molar-refractivity contribution in [1.82, 2.24) is 15.0 Å². The van der Waals surface area contributed by atoms with E-state index in [1.54, 1.807) is 29.2 Å². The van der Waals surface area contributed by atoms with Crippen LogP contribution >= 0.6 is 23.1 Å². The molecule has 5 nitrogen and oxygen atoms in total. The van der Waals surface area contributed by atoms with Gasteiger partial charge in [0.15, 0.2) is 4.34 Å². The topological polar surface area (TPSA) is 61.9 Å². The first-order valence-corrected chi connectivity index (χ1v) is 9.92. The van der Waals surface area contributed by atoms with Crippen molar-refractivity contribution in [2.45, 2.75) is 29.4 Å². The van der Waals surface area contributed by atoms with E-state index in [2.05, 4.69) is 25.9 Å². The van der Waals surface area contributed by atoms with Crippen molar-refractivity contribution in [2.75, 3.05) is 18.0 Å². The Kier molecular flexibility index (Phi) is 4.53. The lowest BCUT2D eigenvalue weighted by atomic mass is 10.1. The Balaban J connectivity index is 1.51. The van der Waals surface area contributed by atoms with Gasteiger partial charge in [-0.25, -0.2) is 9.97 Å². The van der Waals surface area contributed by atoms with Crippen molar-refractivity contribution in [2.24, 2.45) is 0 Å². The van der Waals surface area contributed by atoms with Gasteiger partial charge in [0, 0.05) is 24.9 Å². The number of aromatic nitrogens is 3. The highest BCUT2D eigenvalue weighted by molar-refractivity contribution is 8.00. The van der Waals surface area contributed by atoms with Gasteiger partial charge in [0.2, 0.25) is 5.95 Å². The minimum Gasteiger partial charge on any atom is -0.342 e. The van der Waals surface area contributed by atoms with Gasteiger partial charge >= 0.3 is 0 Å². The molecular weight excluding hydrogens is 340 g/mol. The molecule has 4 rings (SSSR count). The Morgan fingerprint density at radius 1 is 1.17 bits per heavy atom.